The van der Waals surface area contributed by atoms with Crippen LogP contribution >= 0.6 is 0 Å². The number of nitrogens with zero attached hydrogens (tertiary/aromatic N) is 3. The van der Waals surface area contributed by atoms with Crippen LogP contribution in [0.3, 0.4) is 0 Å². The monoisotopic (exact) mass is 353 g/mol. The lowest BCUT2D eigenvalue weighted by Gasteiger charge is -2.28. The summed E-state index contributed by atoms with van der Waals surface area (Å²) in [6.45, 7) is 10.9. The number of urea groups is 1. The van der Waals surface area contributed by atoms with E-state index in [4.69, 9.17) is 9.90 Å². The second-order valence-electron chi connectivity index (χ2n) is 6.17. The molecule has 0 fully saturated rings. The zero-order valence-electron chi connectivity index (χ0n) is 15.5. The lowest BCUT2D eigenvalue weighted by Crippen LogP contribution is -2.45. The van der Waals surface area contributed by atoms with Gasteiger partial charge in [-0.2, -0.15) is 5.10 Å². The Labute approximate surface area is 149 Å². The molecule has 2 heterocycles. The molecule has 1 aliphatic rings. The molecule has 1 aliphatic heterocycles. The second-order valence-corrected chi connectivity index (χ2v) is 6.17. The summed E-state index contributed by atoms with van der Waals surface area (Å²) in [5, 5.41) is 17.0. The Balaban J connectivity index is 0.000000970. The molecule has 0 spiro atoms. The van der Waals surface area contributed by atoms with E-state index >= 15 is 0 Å². The van der Waals surface area contributed by atoms with Crippen LogP contribution < -0.4 is 5.32 Å². The maximum atomic E-state index is 12.3. The minimum Gasteiger partial charge on any atom is -0.483 e. The number of hydrogen-bond donors (Lipinski definition) is 3. The molecule has 1 aromatic rings. The van der Waals surface area contributed by atoms with Gasteiger partial charge in [0.05, 0.1) is 12.7 Å². The van der Waals surface area contributed by atoms with Gasteiger partial charge in [-0.1, -0.05) is 13.8 Å². The predicted octanol–water partition coefficient (Wildman–Crippen LogP) is 1.69. The van der Waals surface area contributed by atoms with E-state index in [1.807, 2.05) is 11.1 Å². The maximum Gasteiger partial charge on any atom is 0.317 e. The van der Waals surface area contributed by atoms with E-state index in [1.54, 1.807) is 0 Å². The number of amides is 2. The molecule has 0 aliphatic carbocycles. The average molecular weight is 353 g/mol. The predicted molar refractivity (Wildman–Crippen MR) is 96.4 cm³/mol. The number of carbonyl (C=O) groups excluding carboxylic acids is 1. The molecule has 0 saturated heterocycles. The Hall–Kier alpha value is -2.09. The Morgan fingerprint density at radius 2 is 2.20 bits per heavy atom. The molecule has 0 aromatic carbocycles. The van der Waals surface area contributed by atoms with Gasteiger partial charge in [0.2, 0.25) is 0 Å². The third-order valence-electron chi connectivity index (χ3n) is 4.46. The highest BCUT2D eigenvalue weighted by molar-refractivity contribution is 5.74. The molecule has 1 aromatic heterocycles. The van der Waals surface area contributed by atoms with Crippen LogP contribution in [0.2, 0.25) is 0 Å². The van der Waals surface area contributed by atoms with Gasteiger partial charge < -0.3 is 20.2 Å². The number of carbonyl (C=O) groups is 2. The summed E-state index contributed by atoms with van der Waals surface area (Å²) < 4.78 is 0. The first-order chi connectivity index (χ1) is 12.0. The number of H-pyrrole nitrogens is 1. The number of aromatic amines is 1. The van der Waals surface area contributed by atoms with Crippen LogP contribution in [0.25, 0.3) is 0 Å². The molecule has 3 N–H and O–H groups in total. The van der Waals surface area contributed by atoms with Gasteiger partial charge in [0.15, 0.2) is 0 Å². The Bertz CT molecular complexity index is 516. The smallest absolute Gasteiger partial charge is 0.317 e. The summed E-state index contributed by atoms with van der Waals surface area (Å²) in [4.78, 5) is 25.0. The Morgan fingerprint density at radius 3 is 2.84 bits per heavy atom. The largest absolute Gasteiger partial charge is 0.483 e. The molecule has 0 radical (unpaired) electrons. The summed E-state index contributed by atoms with van der Waals surface area (Å²) >= 11 is 0. The van der Waals surface area contributed by atoms with Gasteiger partial charge in [-0.25, -0.2) is 4.79 Å². The number of hydrogen-bond acceptors (Lipinski definition) is 4. The van der Waals surface area contributed by atoms with Gasteiger partial charge in [0, 0.05) is 30.3 Å². The number of rotatable bonds is 7. The van der Waals surface area contributed by atoms with E-state index in [2.05, 4.69) is 41.2 Å². The van der Waals surface area contributed by atoms with E-state index < -0.39 is 0 Å². The number of fused-ring (bicyclic) bond motifs is 1. The summed E-state index contributed by atoms with van der Waals surface area (Å²) in [5.74, 6) is 0. The minimum absolute atomic E-state index is 0.0437. The molecule has 8 nitrogen and oxygen atoms in total. The third-order valence-corrected chi connectivity index (χ3v) is 4.46. The van der Waals surface area contributed by atoms with Crippen molar-refractivity contribution in [3.8, 4) is 0 Å². The standard InChI is InChI=1S/C16H29N5O.CH2O2/c1-4-20(5-2)9-6-7-13(3)18-16(22)21-10-8-15-14(12-21)11-17-19-15;2-1-3/h11,13H,4-10,12H2,1-3H3,(H,17,19)(H,18,22);1H,(H,2,3). The van der Waals surface area contributed by atoms with Crippen LogP contribution in [0.1, 0.15) is 44.9 Å². The fourth-order valence-corrected chi connectivity index (χ4v) is 2.93. The van der Waals surface area contributed by atoms with Crippen molar-refractivity contribution in [3.63, 3.8) is 0 Å². The lowest BCUT2D eigenvalue weighted by molar-refractivity contribution is -0.122. The molecule has 2 amide bonds. The first-order valence-corrected chi connectivity index (χ1v) is 8.92. The molecular formula is C17H31N5O3. The van der Waals surface area contributed by atoms with E-state index in [1.165, 1.54) is 0 Å². The summed E-state index contributed by atoms with van der Waals surface area (Å²) in [6, 6.07) is 0.260. The molecule has 25 heavy (non-hydrogen) atoms. The number of aromatic nitrogens is 2. The molecule has 1 unspecified atom stereocenters. The van der Waals surface area contributed by atoms with Crippen molar-refractivity contribution >= 4 is 12.5 Å². The normalized spacial score (nSPS) is 14.3. The van der Waals surface area contributed by atoms with Crippen LogP contribution in [0.5, 0.6) is 0 Å². The average Bonchev–Trinajstić information content (AvgIpc) is 3.07. The van der Waals surface area contributed by atoms with E-state index in [0.717, 1.165) is 56.7 Å². The quantitative estimate of drug-likeness (QED) is 0.648. The summed E-state index contributed by atoms with van der Waals surface area (Å²) in [7, 11) is 0. The molecule has 8 heteroatoms. The summed E-state index contributed by atoms with van der Waals surface area (Å²) in [5.41, 5.74) is 2.30. The Kier molecular flexibility index (Phi) is 9.61. The third kappa shape index (κ3) is 7.13. The van der Waals surface area contributed by atoms with Gasteiger partial charge >= 0.3 is 6.03 Å². The number of carboxylic acid groups (broad SMARTS) is 1. The van der Waals surface area contributed by atoms with E-state index in [0.29, 0.717) is 6.54 Å². The molecule has 0 bridgehead atoms. The molecule has 1 atom stereocenters. The minimum atomic E-state index is -0.250. The van der Waals surface area contributed by atoms with Gasteiger partial charge in [0.25, 0.3) is 6.47 Å². The van der Waals surface area contributed by atoms with Crippen molar-refractivity contribution in [2.45, 2.75) is 52.6 Å². The van der Waals surface area contributed by atoms with E-state index in [-0.39, 0.29) is 18.5 Å². The lowest BCUT2D eigenvalue weighted by atomic mass is 10.1. The molecule has 0 saturated carbocycles. The fraction of sp³-hybridized carbons (Fsp3) is 0.706. The molecular weight excluding hydrogens is 322 g/mol. The highest BCUT2D eigenvalue weighted by atomic mass is 16.3. The first-order valence-electron chi connectivity index (χ1n) is 8.92. The van der Waals surface area contributed by atoms with Crippen molar-refractivity contribution < 1.29 is 14.7 Å². The van der Waals surface area contributed by atoms with Crippen LogP contribution in [-0.2, 0) is 17.8 Å². The van der Waals surface area contributed by atoms with Crippen molar-refractivity contribution in [2.24, 2.45) is 0 Å². The van der Waals surface area contributed by atoms with Crippen LogP contribution in [0.15, 0.2) is 6.20 Å². The zero-order valence-corrected chi connectivity index (χ0v) is 15.5. The maximum absolute atomic E-state index is 12.3. The first kappa shape index (κ1) is 21.0. The zero-order chi connectivity index (χ0) is 18.7. The molecule has 142 valence electrons. The SMILES string of the molecule is CCN(CC)CCCC(C)NC(=O)N1CCc2[nH]ncc2C1.O=CO. The van der Waals surface area contributed by atoms with Crippen LogP contribution in [0.4, 0.5) is 4.79 Å². The van der Waals surface area contributed by atoms with E-state index in [9.17, 15) is 4.79 Å². The molecule has 2 rings (SSSR count). The van der Waals surface area contributed by atoms with Crippen molar-refractivity contribution in [3.05, 3.63) is 17.5 Å². The topological polar surface area (TPSA) is 102 Å². The fourth-order valence-electron chi connectivity index (χ4n) is 2.93. The van der Waals surface area contributed by atoms with Gasteiger partial charge in [-0.05, 0) is 39.4 Å². The van der Waals surface area contributed by atoms with Gasteiger partial charge in [0.1, 0.15) is 0 Å². The highest BCUT2D eigenvalue weighted by Crippen LogP contribution is 2.16. The van der Waals surface area contributed by atoms with Crippen LogP contribution in [0, 0.1) is 0 Å². The van der Waals surface area contributed by atoms with Crippen LogP contribution in [-0.4, -0.2) is 69.8 Å². The number of nitrogens with one attached hydrogen (secondary N) is 2. The second kappa shape index (κ2) is 11.5. The summed E-state index contributed by atoms with van der Waals surface area (Å²) in [6.07, 6.45) is 4.82. The van der Waals surface area contributed by atoms with Crippen molar-refractivity contribution in [1.82, 2.24) is 25.3 Å². The van der Waals surface area contributed by atoms with Crippen molar-refractivity contribution in [1.29, 1.82) is 0 Å². The Morgan fingerprint density at radius 1 is 1.52 bits per heavy atom. The van der Waals surface area contributed by atoms with Gasteiger partial charge in [-0.15, -0.1) is 0 Å². The van der Waals surface area contributed by atoms with Gasteiger partial charge in [-0.3, -0.25) is 9.89 Å². The highest BCUT2D eigenvalue weighted by Gasteiger charge is 2.22. The van der Waals surface area contributed by atoms with Crippen molar-refractivity contribution in [2.75, 3.05) is 26.2 Å².